The largest absolute Gasteiger partial charge is 0.381 e. The van der Waals surface area contributed by atoms with Gasteiger partial charge in [0.2, 0.25) is 0 Å². The van der Waals surface area contributed by atoms with E-state index in [1.165, 1.54) is 5.56 Å². The summed E-state index contributed by atoms with van der Waals surface area (Å²) >= 11 is 5.40. The normalized spacial score (nSPS) is 13.9. The third-order valence-electron chi connectivity index (χ3n) is 2.97. The van der Waals surface area contributed by atoms with Crippen LogP contribution < -0.4 is 0 Å². The van der Waals surface area contributed by atoms with Crippen molar-refractivity contribution < 1.29 is 9.63 Å². The van der Waals surface area contributed by atoms with Crippen LogP contribution in [0.2, 0.25) is 0 Å². The Hall–Kier alpha value is -0.340. The van der Waals surface area contributed by atoms with E-state index >= 15 is 0 Å². The molecule has 2 unspecified atom stereocenters. The molecule has 0 radical (unpaired) electrons. The van der Waals surface area contributed by atoms with Crippen molar-refractivity contribution in [2.45, 2.75) is 45.4 Å². The Morgan fingerprint density at radius 2 is 1.95 bits per heavy atom. The van der Waals surface area contributed by atoms with E-state index in [2.05, 4.69) is 26.0 Å². The summed E-state index contributed by atoms with van der Waals surface area (Å²) in [6.45, 7) is 4.91. The zero-order valence-corrected chi connectivity index (χ0v) is 14.1. The number of hydrogen-bond donors (Lipinski definition) is 1. The molecule has 0 saturated heterocycles. The summed E-state index contributed by atoms with van der Waals surface area (Å²) in [5.74, 6) is -0.560. The fraction of sp³-hybridized carbons (Fsp3) is 0.562. The summed E-state index contributed by atoms with van der Waals surface area (Å²) < 4.78 is 5.79. The molecule has 2 atom stereocenters. The quantitative estimate of drug-likeness (QED) is 0.508. The maximum atomic E-state index is 10.4. The van der Waals surface area contributed by atoms with E-state index in [0.29, 0.717) is 6.61 Å². The van der Waals surface area contributed by atoms with Gasteiger partial charge >= 0.3 is 0 Å². The van der Waals surface area contributed by atoms with Crippen LogP contribution in [-0.4, -0.2) is 28.6 Å². The van der Waals surface area contributed by atoms with Crippen molar-refractivity contribution in [1.82, 2.24) is 0 Å². The lowest BCUT2D eigenvalue weighted by Crippen LogP contribution is -2.19. The topological polar surface area (TPSA) is 29.5 Å². The molecule has 0 bridgehead atoms. The Balaban J connectivity index is 2.46. The minimum atomic E-state index is -0.833. The van der Waals surface area contributed by atoms with E-state index in [9.17, 15) is 5.11 Å². The first-order valence-electron chi connectivity index (χ1n) is 7.33. The fourth-order valence-electron chi connectivity index (χ4n) is 1.89. The zero-order chi connectivity index (χ0) is 14.8. The number of thiocarbonyl (C=S) groups is 1. The van der Waals surface area contributed by atoms with Crippen LogP contribution >= 0.6 is 20.4 Å². The summed E-state index contributed by atoms with van der Waals surface area (Å²) in [6, 6.07) is 10.3. The van der Waals surface area contributed by atoms with Gasteiger partial charge < -0.3 is 9.63 Å². The van der Waals surface area contributed by atoms with Crippen molar-refractivity contribution in [3.05, 3.63) is 35.9 Å². The first-order chi connectivity index (χ1) is 9.69. The van der Waals surface area contributed by atoms with Crippen LogP contribution in [0.1, 0.15) is 38.7 Å². The van der Waals surface area contributed by atoms with Gasteiger partial charge in [0, 0.05) is 4.86 Å². The average molecular weight is 312 g/mol. The Bertz CT molecular complexity index is 383. The van der Waals surface area contributed by atoms with Gasteiger partial charge in [-0.25, -0.2) is 0 Å². The van der Waals surface area contributed by atoms with Gasteiger partial charge in [0.15, 0.2) is 0 Å². The van der Waals surface area contributed by atoms with Crippen molar-refractivity contribution in [3.8, 4) is 0 Å². The van der Waals surface area contributed by atoms with E-state index in [4.69, 9.17) is 16.7 Å². The Labute approximate surface area is 129 Å². The van der Waals surface area contributed by atoms with Crippen LogP contribution in [0.15, 0.2) is 30.3 Å². The Morgan fingerprint density at radius 1 is 1.25 bits per heavy atom. The molecule has 0 aliphatic rings. The fourth-order valence-corrected chi connectivity index (χ4v) is 4.17. The molecule has 0 fully saturated rings. The molecule has 20 heavy (non-hydrogen) atoms. The molecule has 1 aromatic rings. The van der Waals surface area contributed by atoms with Crippen LogP contribution in [0, 0.1) is 0 Å². The zero-order valence-electron chi connectivity index (χ0n) is 12.4. The first-order valence-corrected chi connectivity index (χ1v) is 9.25. The molecule has 4 heteroatoms. The standard InChI is InChI=1S/C16H25O2PS/c1-3-12-18-19(13-4-2)16(17)15(20)11-10-14-8-6-5-7-9-14/h5-9,16-17H,3-4,10-13H2,1-2H3. The lowest BCUT2D eigenvalue weighted by Gasteiger charge is -2.23. The van der Waals surface area contributed by atoms with E-state index in [1.807, 2.05) is 18.2 Å². The lowest BCUT2D eigenvalue weighted by atomic mass is 10.1. The molecular weight excluding hydrogens is 287 g/mol. The van der Waals surface area contributed by atoms with Crippen molar-refractivity contribution >= 4 is 25.2 Å². The van der Waals surface area contributed by atoms with E-state index in [0.717, 1.165) is 36.7 Å². The number of benzene rings is 1. The Kier molecular flexibility index (Phi) is 9.21. The molecule has 1 aromatic carbocycles. The van der Waals surface area contributed by atoms with Gasteiger partial charge in [-0.05, 0) is 37.4 Å². The van der Waals surface area contributed by atoms with E-state index in [1.54, 1.807) is 0 Å². The predicted octanol–water partition coefficient (Wildman–Crippen LogP) is 4.54. The van der Waals surface area contributed by atoms with Crippen LogP contribution in [0.3, 0.4) is 0 Å². The molecule has 0 aliphatic carbocycles. The summed E-state index contributed by atoms with van der Waals surface area (Å²) in [6.07, 6.45) is 4.56. The van der Waals surface area contributed by atoms with Gasteiger partial charge in [-0.3, -0.25) is 0 Å². The first kappa shape index (κ1) is 17.7. The van der Waals surface area contributed by atoms with Crippen LogP contribution in [0.5, 0.6) is 0 Å². The van der Waals surface area contributed by atoms with Crippen molar-refractivity contribution in [3.63, 3.8) is 0 Å². The monoisotopic (exact) mass is 312 g/mol. The molecule has 0 saturated carbocycles. The maximum Gasteiger partial charge on any atom is 0.129 e. The lowest BCUT2D eigenvalue weighted by molar-refractivity contribution is 0.277. The smallest absolute Gasteiger partial charge is 0.129 e. The number of rotatable bonds is 10. The summed E-state index contributed by atoms with van der Waals surface area (Å²) in [7, 11) is -0.833. The molecular formula is C16H25O2PS. The second-order valence-corrected chi connectivity index (χ2v) is 7.35. The number of aliphatic hydroxyl groups excluding tert-OH is 1. The Morgan fingerprint density at radius 3 is 2.55 bits per heavy atom. The molecule has 0 aromatic heterocycles. The van der Waals surface area contributed by atoms with Gasteiger partial charge in [0.05, 0.1) is 14.8 Å². The minimum absolute atomic E-state index is 0.560. The van der Waals surface area contributed by atoms with Crippen LogP contribution in [0.4, 0.5) is 0 Å². The highest BCUT2D eigenvalue weighted by Crippen LogP contribution is 2.43. The van der Waals surface area contributed by atoms with Gasteiger partial charge in [-0.15, -0.1) is 0 Å². The molecule has 0 heterocycles. The molecule has 0 amide bonds. The van der Waals surface area contributed by atoms with E-state index in [-0.39, 0.29) is 0 Å². The third-order valence-corrected chi connectivity index (χ3v) is 5.83. The van der Waals surface area contributed by atoms with Crippen LogP contribution in [-0.2, 0) is 10.9 Å². The summed E-state index contributed by atoms with van der Waals surface area (Å²) in [4.78, 5) is 0.740. The van der Waals surface area contributed by atoms with E-state index < -0.39 is 14.0 Å². The highest BCUT2D eigenvalue weighted by molar-refractivity contribution is 7.81. The highest BCUT2D eigenvalue weighted by Gasteiger charge is 2.22. The predicted molar refractivity (Wildman–Crippen MR) is 91.7 cm³/mol. The average Bonchev–Trinajstić information content (AvgIpc) is 2.49. The van der Waals surface area contributed by atoms with Gasteiger partial charge in [-0.2, -0.15) is 0 Å². The van der Waals surface area contributed by atoms with Crippen LogP contribution in [0.25, 0.3) is 0 Å². The SMILES string of the molecule is CCCOP(CCC)C(O)C(=S)CCc1ccccc1. The van der Waals surface area contributed by atoms with Gasteiger partial charge in [0.1, 0.15) is 5.85 Å². The molecule has 1 rings (SSSR count). The number of aryl methyl sites for hydroxylation is 1. The van der Waals surface area contributed by atoms with Crippen molar-refractivity contribution in [1.29, 1.82) is 0 Å². The summed E-state index contributed by atoms with van der Waals surface area (Å²) in [5, 5.41) is 10.4. The molecule has 112 valence electrons. The van der Waals surface area contributed by atoms with Gasteiger partial charge in [0.25, 0.3) is 0 Å². The van der Waals surface area contributed by atoms with Gasteiger partial charge in [-0.1, -0.05) is 56.4 Å². The molecule has 0 spiro atoms. The second-order valence-electron chi connectivity index (χ2n) is 4.80. The minimum Gasteiger partial charge on any atom is -0.381 e. The summed E-state index contributed by atoms with van der Waals surface area (Å²) in [5.41, 5.74) is 1.26. The highest BCUT2D eigenvalue weighted by atomic mass is 32.1. The maximum absolute atomic E-state index is 10.4. The second kappa shape index (κ2) is 10.4. The number of hydrogen-bond acceptors (Lipinski definition) is 3. The van der Waals surface area contributed by atoms with Crippen molar-refractivity contribution in [2.75, 3.05) is 12.8 Å². The molecule has 0 aliphatic heterocycles. The molecule has 1 N–H and O–H groups in total. The van der Waals surface area contributed by atoms with Crippen molar-refractivity contribution in [2.24, 2.45) is 0 Å². The third kappa shape index (κ3) is 6.41. The molecule has 2 nitrogen and oxygen atoms in total. The number of aliphatic hydroxyl groups is 1.